The summed E-state index contributed by atoms with van der Waals surface area (Å²) in [5.41, 5.74) is 5.04. The molecule has 6 nitrogen and oxygen atoms in total. The van der Waals surface area contributed by atoms with Gasteiger partial charge in [-0.25, -0.2) is 8.42 Å². The molecule has 0 bridgehead atoms. The monoisotopic (exact) mass is 518 g/mol. The zero-order valence-electron chi connectivity index (χ0n) is 21.7. The molecule has 7 heteroatoms. The lowest BCUT2D eigenvalue weighted by atomic mass is 10.0. The third kappa shape index (κ3) is 5.15. The lowest BCUT2D eigenvalue weighted by Gasteiger charge is -2.19. The van der Waals surface area contributed by atoms with Crippen molar-refractivity contribution in [1.82, 2.24) is 9.88 Å². The molecule has 1 amide bonds. The van der Waals surface area contributed by atoms with Gasteiger partial charge >= 0.3 is 0 Å². The molecule has 0 radical (unpaired) electrons. The Hall–Kier alpha value is -3.16. The number of rotatable bonds is 10. The van der Waals surface area contributed by atoms with Crippen molar-refractivity contribution >= 4 is 37.6 Å². The first-order chi connectivity index (χ1) is 17.8. The summed E-state index contributed by atoms with van der Waals surface area (Å²) in [6.45, 7) is 4.89. The van der Waals surface area contributed by atoms with E-state index in [1.54, 1.807) is 38.3 Å². The Morgan fingerprint density at radius 2 is 1.68 bits per heavy atom. The predicted octanol–water partition coefficient (Wildman–Crippen LogP) is 5.68. The number of carbonyl (C=O) groups is 1. The van der Waals surface area contributed by atoms with Gasteiger partial charge in [0.15, 0.2) is 9.84 Å². The number of hydrogen-bond donors (Lipinski definition) is 1. The maximum atomic E-state index is 13.4. The van der Waals surface area contributed by atoms with Crippen LogP contribution in [-0.2, 0) is 27.5 Å². The Balaban J connectivity index is 1.45. The molecule has 1 atom stereocenters. The van der Waals surface area contributed by atoms with Gasteiger partial charge in [0.05, 0.1) is 23.3 Å². The summed E-state index contributed by atoms with van der Waals surface area (Å²) < 4.78 is 32.0. The number of methoxy groups -OCH3 is 1. The maximum Gasteiger partial charge on any atom is 0.251 e. The van der Waals surface area contributed by atoms with Crippen LogP contribution in [0.15, 0.2) is 65.6 Å². The molecule has 5 rings (SSSR count). The van der Waals surface area contributed by atoms with Crippen LogP contribution in [0, 0.1) is 5.92 Å². The third-order valence-electron chi connectivity index (χ3n) is 7.39. The molecule has 1 fully saturated rings. The highest BCUT2D eigenvalue weighted by atomic mass is 32.2. The van der Waals surface area contributed by atoms with Crippen molar-refractivity contribution in [2.24, 2.45) is 5.92 Å². The number of sulfone groups is 1. The van der Waals surface area contributed by atoms with Gasteiger partial charge in [0.25, 0.3) is 5.91 Å². The predicted molar refractivity (Wildman–Crippen MR) is 148 cm³/mol. The number of fused-ring (bicyclic) bond motifs is 3. The van der Waals surface area contributed by atoms with E-state index >= 15 is 0 Å². The molecule has 3 aromatic carbocycles. The number of aromatic nitrogens is 1. The van der Waals surface area contributed by atoms with Gasteiger partial charge in [0, 0.05) is 41.0 Å². The Labute approximate surface area is 218 Å². The summed E-state index contributed by atoms with van der Waals surface area (Å²) in [5.74, 6) is 0.664. The number of nitrogens with zero attached hydrogens (tertiary/aromatic N) is 1. The number of hydrogen-bond acceptors (Lipinski definition) is 4. The zero-order chi connectivity index (χ0) is 26.2. The summed E-state index contributed by atoms with van der Waals surface area (Å²) in [6, 6.07) is 18.9. The van der Waals surface area contributed by atoms with Crippen LogP contribution in [0.3, 0.4) is 0 Å². The van der Waals surface area contributed by atoms with Gasteiger partial charge in [-0.05, 0) is 85.7 Å². The highest BCUT2D eigenvalue weighted by molar-refractivity contribution is 7.91. The summed E-state index contributed by atoms with van der Waals surface area (Å²) >= 11 is 0. The van der Waals surface area contributed by atoms with Crippen LogP contribution in [0.5, 0.6) is 0 Å². The second kappa shape index (κ2) is 10.3. The van der Waals surface area contributed by atoms with Crippen molar-refractivity contribution in [2.45, 2.75) is 50.6 Å². The topological polar surface area (TPSA) is 77.4 Å². The molecule has 1 unspecified atom stereocenters. The Morgan fingerprint density at radius 1 is 1.00 bits per heavy atom. The van der Waals surface area contributed by atoms with Crippen molar-refractivity contribution in [3.05, 3.63) is 77.4 Å². The minimum Gasteiger partial charge on any atom is -0.382 e. The van der Waals surface area contributed by atoms with Crippen LogP contribution in [-0.4, -0.2) is 38.4 Å². The molecule has 1 aliphatic rings. The van der Waals surface area contributed by atoms with Crippen molar-refractivity contribution in [2.75, 3.05) is 19.5 Å². The average Bonchev–Trinajstić information content (AvgIpc) is 3.68. The maximum absolute atomic E-state index is 13.4. The van der Waals surface area contributed by atoms with E-state index in [0.29, 0.717) is 5.56 Å². The number of nitrogens with one attached hydrogen (secondary N) is 1. The van der Waals surface area contributed by atoms with Gasteiger partial charge in [0.1, 0.15) is 0 Å². The number of aryl methyl sites for hydroxylation is 1. The second-order valence-corrected chi connectivity index (χ2v) is 12.2. The largest absolute Gasteiger partial charge is 0.382 e. The quantitative estimate of drug-likeness (QED) is 0.293. The molecule has 1 heterocycles. The van der Waals surface area contributed by atoms with E-state index in [2.05, 4.69) is 35.0 Å². The second-order valence-electron chi connectivity index (χ2n) is 9.93. The summed E-state index contributed by atoms with van der Waals surface area (Å²) in [7, 11) is -1.70. The Morgan fingerprint density at radius 3 is 2.30 bits per heavy atom. The first-order valence-corrected chi connectivity index (χ1v) is 14.7. The fourth-order valence-electron chi connectivity index (χ4n) is 5.12. The average molecular weight is 519 g/mol. The molecular weight excluding hydrogens is 484 g/mol. The van der Waals surface area contributed by atoms with Crippen molar-refractivity contribution < 1.29 is 17.9 Å². The number of benzene rings is 3. The van der Waals surface area contributed by atoms with E-state index in [1.165, 1.54) is 29.3 Å². The van der Waals surface area contributed by atoms with Crippen LogP contribution in [0.4, 0.5) is 0 Å². The molecule has 0 saturated heterocycles. The van der Waals surface area contributed by atoms with E-state index in [-0.39, 0.29) is 23.2 Å². The summed E-state index contributed by atoms with van der Waals surface area (Å²) in [4.78, 5) is 13.7. The molecule has 1 aromatic heterocycles. The molecule has 1 N–H and O–H groups in total. The fourth-order valence-corrected chi connectivity index (χ4v) is 6.00. The molecule has 4 aromatic rings. The molecule has 0 spiro atoms. The van der Waals surface area contributed by atoms with Gasteiger partial charge < -0.3 is 14.6 Å². The third-order valence-corrected chi connectivity index (χ3v) is 9.14. The Bertz CT molecular complexity index is 1550. The van der Waals surface area contributed by atoms with Crippen molar-refractivity contribution in [3.63, 3.8) is 0 Å². The van der Waals surface area contributed by atoms with Gasteiger partial charge in [-0.2, -0.15) is 0 Å². The first kappa shape index (κ1) is 25.5. The van der Waals surface area contributed by atoms with Crippen LogP contribution in [0.25, 0.3) is 21.8 Å². The van der Waals surface area contributed by atoms with Crippen LogP contribution < -0.4 is 5.32 Å². The molecular formula is C30H34N2O4S. The summed E-state index contributed by atoms with van der Waals surface area (Å²) in [5, 5.41) is 5.35. The van der Waals surface area contributed by atoms with E-state index in [1.807, 2.05) is 18.2 Å². The highest BCUT2D eigenvalue weighted by Gasteiger charge is 2.23. The molecule has 37 heavy (non-hydrogen) atoms. The lowest BCUT2D eigenvalue weighted by Crippen LogP contribution is -2.31. The van der Waals surface area contributed by atoms with Gasteiger partial charge in [-0.3, -0.25) is 4.79 Å². The molecule has 1 aliphatic carbocycles. The minimum atomic E-state index is -3.29. The number of carbonyl (C=O) groups excluding carboxylic acids is 1. The van der Waals surface area contributed by atoms with Crippen LogP contribution in [0.2, 0.25) is 0 Å². The molecule has 194 valence electrons. The SMILES string of the molecule is CCn1c2ccc(CC3CC3)cc2c2cc(C(=O)NC(COC)c3ccc(S(=O)(=O)CC)cc3)ccc21. The lowest BCUT2D eigenvalue weighted by molar-refractivity contribution is 0.0896. The standard InChI is InChI=1S/C30H34N2O4S/c1-4-32-28-14-8-21(16-20-6-7-20)17-25(28)26-18-23(11-15-29(26)32)30(33)31-27(19-36-3)22-9-12-24(13-10-22)37(34,35)5-2/h8-15,17-18,20,27H,4-7,16,19H2,1-3H3,(H,31,33). The zero-order valence-corrected chi connectivity index (χ0v) is 22.5. The Kier molecular flexibility index (Phi) is 7.10. The van der Waals surface area contributed by atoms with Crippen molar-refractivity contribution in [3.8, 4) is 0 Å². The molecule has 0 aliphatic heterocycles. The van der Waals surface area contributed by atoms with E-state index in [4.69, 9.17) is 4.74 Å². The normalized spacial score (nSPS) is 14.8. The van der Waals surface area contributed by atoms with Crippen LogP contribution >= 0.6 is 0 Å². The number of ether oxygens (including phenoxy) is 1. The first-order valence-electron chi connectivity index (χ1n) is 13.0. The fraction of sp³-hybridized carbons (Fsp3) is 0.367. The molecule has 1 saturated carbocycles. The highest BCUT2D eigenvalue weighted by Crippen LogP contribution is 2.35. The summed E-state index contributed by atoms with van der Waals surface area (Å²) in [6.07, 6.45) is 3.75. The van der Waals surface area contributed by atoms with Gasteiger partial charge in [-0.1, -0.05) is 25.1 Å². The van der Waals surface area contributed by atoms with Crippen molar-refractivity contribution in [1.29, 1.82) is 0 Å². The van der Waals surface area contributed by atoms with E-state index < -0.39 is 15.9 Å². The number of amides is 1. The smallest absolute Gasteiger partial charge is 0.251 e. The van der Waals surface area contributed by atoms with E-state index in [9.17, 15) is 13.2 Å². The minimum absolute atomic E-state index is 0.0452. The van der Waals surface area contributed by atoms with E-state index in [0.717, 1.165) is 35.3 Å². The van der Waals surface area contributed by atoms with Crippen LogP contribution in [0.1, 0.15) is 54.2 Å². The van der Waals surface area contributed by atoms with Gasteiger partial charge in [-0.15, -0.1) is 0 Å². The van der Waals surface area contributed by atoms with Gasteiger partial charge in [0.2, 0.25) is 0 Å².